The van der Waals surface area contributed by atoms with Gasteiger partial charge in [-0.25, -0.2) is 4.98 Å². The molecule has 0 saturated carbocycles. The number of amides is 1. The van der Waals surface area contributed by atoms with Crippen LogP contribution in [0.25, 0.3) is 11.0 Å². The Kier molecular flexibility index (Phi) is 4.58. The van der Waals surface area contributed by atoms with Crippen molar-refractivity contribution in [3.05, 3.63) is 59.9 Å². The van der Waals surface area contributed by atoms with Gasteiger partial charge in [-0.2, -0.15) is 0 Å². The molecule has 6 nitrogen and oxygen atoms in total. The van der Waals surface area contributed by atoms with Crippen molar-refractivity contribution >= 4 is 22.6 Å². The fourth-order valence-corrected chi connectivity index (χ4v) is 3.23. The summed E-state index contributed by atoms with van der Waals surface area (Å²) in [5.74, 6) is 0.769. The monoisotopic (exact) mass is 350 g/mol. The van der Waals surface area contributed by atoms with Gasteiger partial charge in [0.05, 0.1) is 30.8 Å². The average Bonchev–Trinajstić information content (AvgIpc) is 3.10. The lowest BCUT2D eigenvalue weighted by molar-refractivity contribution is 0.0782. The van der Waals surface area contributed by atoms with Crippen LogP contribution >= 0.6 is 0 Å². The number of nitrogens with one attached hydrogen (secondary N) is 1. The predicted molar refractivity (Wildman–Crippen MR) is 101 cm³/mol. The van der Waals surface area contributed by atoms with Gasteiger partial charge in [0.15, 0.2) is 0 Å². The average molecular weight is 350 g/mol. The van der Waals surface area contributed by atoms with Crippen LogP contribution in [-0.4, -0.2) is 54.1 Å². The topological polar surface area (TPSA) is 61.5 Å². The number of hydrogen-bond acceptors (Lipinski definition) is 4. The minimum atomic E-state index is -0.0148. The van der Waals surface area contributed by atoms with Crippen molar-refractivity contribution in [2.45, 2.75) is 6.54 Å². The van der Waals surface area contributed by atoms with Crippen LogP contribution in [0.4, 0.5) is 5.69 Å². The van der Waals surface area contributed by atoms with Gasteiger partial charge >= 0.3 is 0 Å². The van der Waals surface area contributed by atoms with Crippen LogP contribution in [0.3, 0.4) is 0 Å². The summed E-state index contributed by atoms with van der Waals surface area (Å²) in [5, 5.41) is 0. The Balaban J connectivity index is 1.44. The second kappa shape index (κ2) is 7.17. The molecule has 2 heterocycles. The van der Waals surface area contributed by atoms with Crippen molar-refractivity contribution in [2.75, 3.05) is 38.3 Å². The highest BCUT2D eigenvalue weighted by Gasteiger charge is 2.16. The molecule has 0 bridgehead atoms. The molecular formula is C20H22N4O2. The van der Waals surface area contributed by atoms with Crippen LogP contribution in [0, 0.1) is 0 Å². The van der Waals surface area contributed by atoms with Gasteiger partial charge in [-0.15, -0.1) is 0 Å². The SMILES string of the molecule is CN(Cc1nc2ccccc2[nH]1)C(=O)c1ccc(N2CCOCC2)cc1. The Morgan fingerprint density at radius 1 is 1.15 bits per heavy atom. The van der Waals surface area contributed by atoms with E-state index in [0.717, 1.165) is 48.8 Å². The van der Waals surface area contributed by atoms with Crippen molar-refractivity contribution in [3.63, 3.8) is 0 Å². The first-order chi connectivity index (χ1) is 12.7. The quantitative estimate of drug-likeness (QED) is 0.786. The number of nitrogens with zero attached hydrogens (tertiary/aromatic N) is 3. The van der Waals surface area contributed by atoms with E-state index in [0.29, 0.717) is 12.1 Å². The second-order valence-electron chi connectivity index (χ2n) is 6.51. The lowest BCUT2D eigenvalue weighted by Crippen LogP contribution is -2.36. The Labute approximate surface area is 152 Å². The summed E-state index contributed by atoms with van der Waals surface area (Å²) in [6.45, 7) is 3.72. The number of carbonyl (C=O) groups is 1. The zero-order chi connectivity index (χ0) is 17.9. The molecule has 0 spiro atoms. The van der Waals surface area contributed by atoms with Crippen LogP contribution in [0.5, 0.6) is 0 Å². The molecule has 1 aliphatic rings. The van der Waals surface area contributed by atoms with Crippen LogP contribution < -0.4 is 4.90 Å². The standard InChI is InChI=1S/C20H22N4O2/c1-23(14-19-21-17-4-2-3-5-18(17)22-19)20(25)15-6-8-16(9-7-15)24-10-12-26-13-11-24/h2-9H,10-14H2,1H3,(H,21,22). The third kappa shape index (κ3) is 3.41. The summed E-state index contributed by atoms with van der Waals surface area (Å²) < 4.78 is 5.38. The van der Waals surface area contributed by atoms with Gasteiger partial charge in [0.25, 0.3) is 5.91 Å². The maximum absolute atomic E-state index is 12.7. The van der Waals surface area contributed by atoms with E-state index >= 15 is 0 Å². The van der Waals surface area contributed by atoms with E-state index in [-0.39, 0.29) is 5.91 Å². The van der Waals surface area contributed by atoms with E-state index < -0.39 is 0 Å². The molecule has 1 amide bonds. The summed E-state index contributed by atoms with van der Waals surface area (Å²) in [7, 11) is 1.80. The molecule has 1 aromatic heterocycles. The molecule has 0 unspecified atom stereocenters. The minimum Gasteiger partial charge on any atom is -0.378 e. The molecule has 1 aliphatic heterocycles. The van der Waals surface area contributed by atoms with Gasteiger partial charge in [-0.1, -0.05) is 12.1 Å². The fraction of sp³-hybridized carbons (Fsp3) is 0.300. The minimum absolute atomic E-state index is 0.0148. The molecule has 1 N–H and O–H groups in total. The van der Waals surface area contributed by atoms with Crippen LogP contribution in [-0.2, 0) is 11.3 Å². The zero-order valence-electron chi connectivity index (χ0n) is 14.8. The van der Waals surface area contributed by atoms with E-state index in [1.165, 1.54) is 0 Å². The first-order valence-electron chi connectivity index (χ1n) is 8.82. The number of aromatic nitrogens is 2. The maximum atomic E-state index is 12.7. The summed E-state index contributed by atoms with van der Waals surface area (Å²) in [4.78, 5) is 24.5. The Morgan fingerprint density at radius 2 is 1.88 bits per heavy atom. The number of H-pyrrole nitrogens is 1. The van der Waals surface area contributed by atoms with Gasteiger partial charge in [0.2, 0.25) is 0 Å². The number of benzene rings is 2. The number of carbonyl (C=O) groups excluding carboxylic acids is 1. The number of anilines is 1. The van der Waals surface area contributed by atoms with Gasteiger partial charge in [-0.3, -0.25) is 4.79 Å². The van der Waals surface area contributed by atoms with Crippen LogP contribution in [0.1, 0.15) is 16.2 Å². The number of fused-ring (bicyclic) bond motifs is 1. The van der Waals surface area contributed by atoms with Gasteiger partial charge in [0.1, 0.15) is 5.82 Å². The normalized spacial score (nSPS) is 14.6. The molecule has 2 aromatic carbocycles. The largest absolute Gasteiger partial charge is 0.378 e. The molecule has 6 heteroatoms. The molecule has 0 aliphatic carbocycles. The van der Waals surface area contributed by atoms with Crippen LogP contribution in [0.15, 0.2) is 48.5 Å². The Bertz CT molecular complexity index is 865. The number of ether oxygens (including phenoxy) is 1. The van der Waals surface area contributed by atoms with Crippen molar-refractivity contribution in [1.29, 1.82) is 0 Å². The van der Waals surface area contributed by atoms with Gasteiger partial charge in [0, 0.05) is 31.4 Å². The van der Waals surface area contributed by atoms with Crippen molar-refractivity contribution < 1.29 is 9.53 Å². The lowest BCUT2D eigenvalue weighted by atomic mass is 10.1. The molecule has 4 rings (SSSR count). The first kappa shape index (κ1) is 16.6. The smallest absolute Gasteiger partial charge is 0.254 e. The van der Waals surface area contributed by atoms with Gasteiger partial charge < -0.3 is 19.5 Å². The highest BCUT2D eigenvalue weighted by molar-refractivity contribution is 5.94. The van der Waals surface area contributed by atoms with Crippen molar-refractivity contribution in [1.82, 2.24) is 14.9 Å². The summed E-state index contributed by atoms with van der Waals surface area (Å²) in [5.41, 5.74) is 3.71. The van der Waals surface area contributed by atoms with E-state index in [2.05, 4.69) is 14.9 Å². The summed E-state index contributed by atoms with van der Waals surface area (Å²) in [6.07, 6.45) is 0. The molecule has 0 radical (unpaired) electrons. The molecule has 26 heavy (non-hydrogen) atoms. The molecule has 0 atom stereocenters. The van der Waals surface area contributed by atoms with Crippen LogP contribution in [0.2, 0.25) is 0 Å². The number of aromatic amines is 1. The predicted octanol–water partition coefficient (Wildman–Crippen LogP) is 2.67. The fourth-order valence-electron chi connectivity index (χ4n) is 3.23. The number of para-hydroxylation sites is 2. The Morgan fingerprint density at radius 3 is 2.62 bits per heavy atom. The number of morpholine rings is 1. The van der Waals surface area contributed by atoms with E-state index in [4.69, 9.17) is 4.74 Å². The molecule has 134 valence electrons. The maximum Gasteiger partial charge on any atom is 0.254 e. The molecule has 1 saturated heterocycles. The van der Waals surface area contributed by atoms with E-state index in [1.807, 2.05) is 48.5 Å². The molecule has 3 aromatic rings. The lowest BCUT2D eigenvalue weighted by Gasteiger charge is -2.29. The third-order valence-corrected chi connectivity index (χ3v) is 4.66. The van der Waals surface area contributed by atoms with Gasteiger partial charge in [-0.05, 0) is 36.4 Å². The second-order valence-corrected chi connectivity index (χ2v) is 6.51. The number of hydrogen-bond donors (Lipinski definition) is 1. The summed E-state index contributed by atoms with van der Waals surface area (Å²) in [6, 6.07) is 15.7. The number of rotatable bonds is 4. The summed E-state index contributed by atoms with van der Waals surface area (Å²) >= 11 is 0. The molecule has 1 fully saturated rings. The number of imidazole rings is 1. The molecular weight excluding hydrogens is 328 g/mol. The highest BCUT2D eigenvalue weighted by Crippen LogP contribution is 2.18. The Hall–Kier alpha value is -2.86. The highest BCUT2D eigenvalue weighted by atomic mass is 16.5. The van der Waals surface area contributed by atoms with Crippen molar-refractivity contribution in [3.8, 4) is 0 Å². The van der Waals surface area contributed by atoms with E-state index in [9.17, 15) is 4.79 Å². The van der Waals surface area contributed by atoms with Crippen molar-refractivity contribution in [2.24, 2.45) is 0 Å². The van der Waals surface area contributed by atoms with E-state index in [1.54, 1.807) is 11.9 Å². The zero-order valence-corrected chi connectivity index (χ0v) is 14.8. The first-order valence-corrected chi connectivity index (χ1v) is 8.82. The third-order valence-electron chi connectivity index (χ3n) is 4.66.